The van der Waals surface area contributed by atoms with Crippen LogP contribution in [0, 0.1) is 12.3 Å². The third kappa shape index (κ3) is 4.26. The largest absolute Gasteiger partial charge is 0.496 e. The topological polar surface area (TPSA) is 70.1 Å². The summed E-state index contributed by atoms with van der Waals surface area (Å²) < 4.78 is 5.53. The first-order chi connectivity index (χ1) is 12.8. The van der Waals surface area contributed by atoms with Crippen LogP contribution < -0.4 is 4.74 Å². The number of methoxy groups -OCH3 is 1. The number of nitrogens with zero attached hydrogens (tertiary/aromatic N) is 2. The lowest BCUT2D eigenvalue weighted by Crippen LogP contribution is -2.55. The quantitative estimate of drug-likeness (QED) is 0.858. The summed E-state index contributed by atoms with van der Waals surface area (Å²) in [6.07, 6.45) is 3.33. The molecule has 2 aliphatic rings. The van der Waals surface area contributed by atoms with E-state index in [1.807, 2.05) is 0 Å². The van der Waals surface area contributed by atoms with Gasteiger partial charge in [0.1, 0.15) is 11.8 Å². The second-order valence-corrected chi connectivity index (χ2v) is 8.13. The molecule has 1 aromatic carbocycles. The Labute approximate surface area is 161 Å². The van der Waals surface area contributed by atoms with E-state index < -0.39 is 12.0 Å². The molecule has 0 bridgehead atoms. The van der Waals surface area contributed by atoms with E-state index in [9.17, 15) is 14.7 Å². The summed E-state index contributed by atoms with van der Waals surface area (Å²) >= 11 is 0. The highest BCUT2D eigenvalue weighted by Gasteiger charge is 2.43. The van der Waals surface area contributed by atoms with Gasteiger partial charge in [-0.05, 0) is 63.2 Å². The number of piperidine rings is 2. The van der Waals surface area contributed by atoms with Crippen molar-refractivity contribution in [1.82, 2.24) is 9.80 Å². The van der Waals surface area contributed by atoms with Gasteiger partial charge in [-0.2, -0.15) is 0 Å². The fourth-order valence-corrected chi connectivity index (χ4v) is 4.35. The molecule has 0 aromatic heterocycles. The molecule has 148 valence electrons. The molecule has 1 aromatic rings. The molecule has 2 saturated heterocycles. The van der Waals surface area contributed by atoms with Crippen LogP contribution in [0.4, 0.5) is 0 Å². The Balaban J connectivity index is 1.63. The van der Waals surface area contributed by atoms with Crippen LogP contribution in [0.25, 0.3) is 0 Å². The summed E-state index contributed by atoms with van der Waals surface area (Å²) in [4.78, 5) is 27.6. The van der Waals surface area contributed by atoms with Crippen LogP contribution in [-0.4, -0.2) is 59.6 Å². The molecule has 1 amide bonds. The van der Waals surface area contributed by atoms with Gasteiger partial charge in [0.15, 0.2) is 0 Å². The van der Waals surface area contributed by atoms with Crippen molar-refractivity contribution in [1.29, 1.82) is 0 Å². The van der Waals surface area contributed by atoms with Gasteiger partial charge in [-0.25, -0.2) is 4.79 Å². The van der Waals surface area contributed by atoms with Crippen molar-refractivity contribution in [3.05, 3.63) is 29.3 Å². The predicted molar refractivity (Wildman–Crippen MR) is 103 cm³/mol. The van der Waals surface area contributed by atoms with Crippen molar-refractivity contribution in [2.45, 2.75) is 52.1 Å². The van der Waals surface area contributed by atoms with Crippen LogP contribution in [0.2, 0.25) is 0 Å². The number of rotatable bonds is 5. The van der Waals surface area contributed by atoms with Crippen LogP contribution in [0.3, 0.4) is 0 Å². The first kappa shape index (κ1) is 19.7. The lowest BCUT2D eigenvalue weighted by atomic mass is 9.72. The molecule has 6 heteroatoms. The van der Waals surface area contributed by atoms with E-state index in [1.54, 1.807) is 18.9 Å². The molecular weight excluding hydrogens is 344 g/mol. The third-order valence-electron chi connectivity index (χ3n) is 6.27. The van der Waals surface area contributed by atoms with Gasteiger partial charge >= 0.3 is 5.97 Å². The van der Waals surface area contributed by atoms with Gasteiger partial charge in [0.2, 0.25) is 5.91 Å². The number of ether oxygens (including phenoxy) is 1. The van der Waals surface area contributed by atoms with Crippen molar-refractivity contribution in [2.75, 3.05) is 26.7 Å². The number of amides is 1. The molecule has 27 heavy (non-hydrogen) atoms. The van der Waals surface area contributed by atoms with Crippen LogP contribution in [0.1, 0.15) is 43.7 Å². The molecule has 0 unspecified atom stereocenters. The van der Waals surface area contributed by atoms with Crippen molar-refractivity contribution < 1.29 is 19.4 Å². The molecule has 0 aliphatic carbocycles. The number of carbonyl (C=O) groups excluding carboxylic acids is 1. The Hall–Kier alpha value is -2.08. The predicted octanol–water partition coefficient (Wildman–Crippen LogP) is 2.68. The molecular formula is C21H30N2O4. The molecule has 1 N–H and O–H groups in total. The molecule has 1 spiro atoms. The number of carboxylic acids is 1. The summed E-state index contributed by atoms with van der Waals surface area (Å²) in [5.74, 6) is -0.0216. The zero-order valence-corrected chi connectivity index (χ0v) is 16.5. The standard InChI is InChI=1S/C21H30N2O4/c1-15-4-5-17(18(12-15)27-3)13-22-10-8-21(9-11-22)7-6-19(24)23(14-21)16(2)20(25)26/h4-5,12,16H,6-11,13-14H2,1-3H3,(H,25,26)/t16-/m1/s1. The summed E-state index contributed by atoms with van der Waals surface area (Å²) in [6, 6.07) is 5.57. The van der Waals surface area contributed by atoms with Gasteiger partial charge in [0.05, 0.1) is 7.11 Å². The second-order valence-electron chi connectivity index (χ2n) is 8.13. The number of likely N-dealkylation sites (tertiary alicyclic amines) is 2. The second kappa shape index (κ2) is 7.89. The van der Waals surface area contributed by atoms with Gasteiger partial charge in [-0.3, -0.25) is 9.69 Å². The molecule has 0 saturated carbocycles. The minimum Gasteiger partial charge on any atom is -0.496 e. The van der Waals surface area contributed by atoms with Crippen LogP contribution in [0.5, 0.6) is 5.75 Å². The molecule has 3 rings (SSSR count). The van der Waals surface area contributed by atoms with Crippen LogP contribution >= 0.6 is 0 Å². The third-order valence-corrected chi connectivity index (χ3v) is 6.27. The average molecular weight is 374 g/mol. The Morgan fingerprint density at radius 1 is 1.30 bits per heavy atom. The minimum atomic E-state index is -0.927. The summed E-state index contributed by atoms with van der Waals surface area (Å²) in [7, 11) is 1.71. The van der Waals surface area contributed by atoms with Gasteiger partial charge in [0, 0.05) is 25.1 Å². The number of hydrogen-bond donors (Lipinski definition) is 1. The lowest BCUT2D eigenvalue weighted by molar-refractivity contribution is -0.155. The first-order valence-electron chi connectivity index (χ1n) is 9.72. The zero-order valence-electron chi connectivity index (χ0n) is 16.5. The molecule has 1 atom stereocenters. The number of benzene rings is 1. The van der Waals surface area contributed by atoms with Gasteiger partial charge in [-0.1, -0.05) is 12.1 Å². The maximum Gasteiger partial charge on any atom is 0.326 e. The Morgan fingerprint density at radius 3 is 2.63 bits per heavy atom. The summed E-state index contributed by atoms with van der Waals surface area (Å²) in [5, 5.41) is 9.30. The van der Waals surface area contributed by atoms with Crippen molar-refractivity contribution in [3.63, 3.8) is 0 Å². The fraction of sp³-hybridized carbons (Fsp3) is 0.619. The average Bonchev–Trinajstić information content (AvgIpc) is 2.66. The van der Waals surface area contributed by atoms with E-state index in [0.29, 0.717) is 13.0 Å². The van der Waals surface area contributed by atoms with E-state index in [1.165, 1.54) is 11.1 Å². The number of aliphatic carboxylic acids is 1. The van der Waals surface area contributed by atoms with Crippen molar-refractivity contribution >= 4 is 11.9 Å². The van der Waals surface area contributed by atoms with Gasteiger partial charge in [-0.15, -0.1) is 0 Å². The van der Waals surface area contributed by atoms with Crippen molar-refractivity contribution in [2.24, 2.45) is 5.41 Å². The Morgan fingerprint density at radius 2 is 2.00 bits per heavy atom. The molecule has 2 fully saturated rings. The minimum absolute atomic E-state index is 0.0256. The summed E-state index contributed by atoms with van der Waals surface area (Å²) in [6.45, 7) is 7.01. The van der Waals surface area contributed by atoms with Crippen molar-refractivity contribution in [3.8, 4) is 5.75 Å². The monoisotopic (exact) mass is 374 g/mol. The number of carboxylic acid groups (broad SMARTS) is 1. The van der Waals surface area contributed by atoms with E-state index >= 15 is 0 Å². The SMILES string of the molecule is COc1cc(C)ccc1CN1CCC2(CCC(=O)N([C@H](C)C(=O)O)C2)CC1. The van der Waals surface area contributed by atoms with E-state index in [4.69, 9.17) is 4.74 Å². The fourth-order valence-electron chi connectivity index (χ4n) is 4.35. The molecule has 6 nitrogen and oxygen atoms in total. The smallest absolute Gasteiger partial charge is 0.326 e. The van der Waals surface area contributed by atoms with Crippen LogP contribution in [-0.2, 0) is 16.1 Å². The maximum absolute atomic E-state index is 12.2. The normalized spacial score (nSPS) is 21.3. The van der Waals surface area contributed by atoms with Gasteiger partial charge in [0.25, 0.3) is 0 Å². The molecule has 2 heterocycles. The highest BCUT2D eigenvalue weighted by atomic mass is 16.5. The Kier molecular flexibility index (Phi) is 5.75. The van der Waals surface area contributed by atoms with Crippen LogP contribution in [0.15, 0.2) is 18.2 Å². The molecule has 0 radical (unpaired) electrons. The number of hydrogen-bond acceptors (Lipinski definition) is 4. The number of aryl methyl sites for hydroxylation is 1. The number of carbonyl (C=O) groups is 2. The lowest BCUT2D eigenvalue weighted by Gasteiger charge is -2.48. The summed E-state index contributed by atoms with van der Waals surface area (Å²) in [5.41, 5.74) is 2.44. The van der Waals surface area contributed by atoms with E-state index in [2.05, 4.69) is 30.0 Å². The van der Waals surface area contributed by atoms with E-state index in [-0.39, 0.29) is 11.3 Å². The van der Waals surface area contributed by atoms with Gasteiger partial charge < -0.3 is 14.7 Å². The maximum atomic E-state index is 12.2. The highest BCUT2D eigenvalue weighted by molar-refractivity contribution is 5.84. The highest BCUT2D eigenvalue weighted by Crippen LogP contribution is 2.41. The zero-order chi connectivity index (χ0) is 19.6. The molecule has 2 aliphatic heterocycles. The van der Waals surface area contributed by atoms with E-state index in [0.717, 1.165) is 44.6 Å². The first-order valence-corrected chi connectivity index (χ1v) is 9.72. The Bertz CT molecular complexity index is 710.